The molecule has 1 N–H and O–H groups in total. The zero-order valence-corrected chi connectivity index (χ0v) is 12.0. The summed E-state index contributed by atoms with van der Waals surface area (Å²) < 4.78 is 5.46. The first-order valence-corrected chi connectivity index (χ1v) is 7.25. The Morgan fingerprint density at radius 2 is 2.26 bits per heavy atom. The van der Waals surface area contributed by atoms with Gasteiger partial charge in [0.2, 0.25) is 5.88 Å². The number of hydrogen-bond acceptors (Lipinski definition) is 6. The number of nitrogens with zero attached hydrogens (tertiary/aromatic N) is 3. The van der Waals surface area contributed by atoms with Gasteiger partial charge in [-0.1, -0.05) is 6.92 Å². The Morgan fingerprint density at radius 1 is 1.37 bits per heavy atom. The lowest BCUT2D eigenvalue weighted by Crippen LogP contribution is -2.07. The molecule has 5 nitrogen and oxygen atoms in total. The van der Waals surface area contributed by atoms with Crippen molar-refractivity contribution in [3.63, 3.8) is 0 Å². The predicted molar refractivity (Wildman–Crippen MR) is 76.9 cm³/mol. The molecule has 0 saturated carbocycles. The third-order valence-corrected chi connectivity index (χ3v) is 3.43. The lowest BCUT2D eigenvalue weighted by Gasteiger charge is -2.06. The smallest absolute Gasteiger partial charge is 0.218 e. The fourth-order valence-electron chi connectivity index (χ4n) is 1.54. The molecule has 19 heavy (non-hydrogen) atoms. The highest BCUT2D eigenvalue weighted by Crippen LogP contribution is 2.12. The molecule has 102 valence electrons. The van der Waals surface area contributed by atoms with Crippen molar-refractivity contribution in [2.45, 2.75) is 26.7 Å². The van der Waals surface area contributed by atoms with Crippen LogP contribution in [0, 0.1) is 6.92 Å². The van der Waals surface area contributed by atoms with Gasteiger partial charge < -0.3 is 10.1 Å². The van der Waals surface area contributed by atoms with Crippen LogP contribution in [-0.2, 0) is 6.42 Å². The number of anilines is 1. The van der Waals surface area contributed by atoms with Crippen LogP contribution in [0.25, 0.3) is 0 Å². The number of hydrogen-bond donors (Lipinski definition) is 1. The SMILES string of the molecule is CCCOc1cc(NCCc2nc(C)cs2)ncn1. The number of thiazole rings is 1. The number of ether oxygens (including phenoxy) is 1. The summed E-state index contributed by atoms with van der Waals surface area (Å²) in [6, 6.07) is 1.82. The second-order valence-electron chi connectivity index (χ2n) is 4.15. The Hall–Kier alpha value is -1.69. The maximum atomic E-state index is 5.46. The van der Waals surface area contributed by atoms with Crippen molar-refractivity contribution >= 4 is 17.2 Å². The van der Waals surface area contributed by atoms with E-state index in [0.717, 1.165) is 35.9 Å². The van der Waals surface area contributed by atoms with Gasteiger partial charge in [-0.15, -0.1) is 11.3 Å². The molecule has 0 aliphatic heterocycles. The van der Waals surface area contributed by atoms with E-state index in [1.165, 1.54) is 6.33 Å². The summed E-state index contributed by atoms with van der Waals surface area (Å²) in [7, 11) is 0. The summed E-state index contributed by atoms with van der Waals surface area (Å²) in [6.45, 7) is 5.55. The van der Waals surface area contributed by atoms with Gasteiger partial charge >= 0.3 is 0 Å². The van der Waals surface area contributed by atoms with Crippen LogP contribution in [0.2, 0.25) is 0 Å². The Morgan fingerprint density at radius 3 is 3.00 bits per heavy atom. The van der Waals surface area contributed by atoms with Gasteiger partial charge in [0.1, 0.15) is 12.1 Å². The largest absolute Gasteiger partial charge is 0.478 e. The standard InChI is InChI=1S/C13H18N4OS/c1-3-6-18-12-7-11(15-9-16-12)14-5-4-13-17-10(2)8-19-13/h7-9H,3-6H2,1-2H3,(H,14,15,16). The second kappa shape index (κ2) is 7.04. The zero-order valence-electron chi connectivity index (χ0n) is 11.2. The van der Waals surface area contributed by atoms with Crippen LogP contribution in [0.4, 0.5) is 5.82 Å². The minimum absolute atomic E-state index is 0.615. The fourth-order valence-corrected chi connectivity index (χ4v) is 2.31. The third kappa shape index (κ3) is 4.48. The lowest BCUT2D eigenvalue weighted by molar-refractivity contribution is 0.305. The molecule has 0 atom stereocenters. The summed E-state index contributed by atoms with van der Waals surface area (Å²) in [5, 5.41) is 6.46. The average molecular weight is 278 g/mol. The summed E-state index contributed by atoms with van der Waals surface area (Å²) in [4.78, 5) is 12.6. The second-order valence-corrected chi connectivity index (χ2v) is 5.09. The monoisotopic (exact) mass is 278 g/mol. The highest BCUT2D eigenvalue weighted by molar-refractivity contribution is 7.09. The molecule has 0 saturated heterocycles. The van der Waals surface area contributed by atoms with Crippen molar-refractivity contribution in [3.8, 4) is 5.88 Å². The Kier molecular flexibility index (Phi) is 5.09. The molecular formula is C13H18N4OS. The fraction of sp³-hybridized carbons (Fsp3) is 0.462. The highest BCUT2D eigenvalue weighted by atomic mass is 32.1. The lowest BCUT2D eigenvalue weighted by atomic mass is 10.4. The van der Waals surface area contributed by atoms with Crippen molar-refractivity contribution in [1.29, 1.82) is 0 Å². The summed E-state index contributed by atoms with van der Waals surface area (Å²) in [6.07, 6.45) is 3.38. The Labute approximate surface area is 117 Å². The Bertz CT molecular complexity index is 515. The van der Waals surface area contributed by atoms with Gasteiger partial charge in [-0.3, -0.25) is 0 Å². The summed E-state index contributed by atoms with van der Waals surface area (Å²) in [5.41, 5.74) is 1.08. The van der Waals surface area contributed by atoms with Crippen LogP contribution in [0.1, 0.15) is 24.0 Å². The van der Waals surface area contributed by atoms with Gasteiger partial charge in [0, 0.05) is 30.1 Å². The molecule has 0 aromatic carbocycles. The summed E-state index contributed by atoms with van der Waals surface area (Å²) >= 11 is 1.69. The minimum Gasteiger partial charge on any atom is -0.478 e. The quantitative estimate of drug-likeness (QED) is 0.843. The molecule has 0 radical (unpaired) electrons. The van der Waals surface area contributed by atoms with E-state index in [-0.39, 0.29) is 0 Å². The van der Waals surface area contributed by atoms with Gasteiger partial charge in [-0.25, -0.2) is 15.0 Å². The zero-order chi connectivity index (χ0) is 13.5. The van der Waals surface area contributed by atoms with Crippen LogP contribution < -0.4 is 10.1 Å². The molecule has 6 heteroatoms. The number of nitrogens with one attached hydrogen (secondary N) is 1. The molecule has 2 heterocycles. The van der Waals surface area contributed by atoms with Crippen LogP contribution in [-0.4, -0.2) is 28.1 Å². The molecule has 2 rings (SSSR count). The van der Waals surface area contributed by atoms with E-state index in [0.29, 0.717) is 12.5 Å². The van der Waals surface area contributed by atoms with E-state index in [1.807, 2.05) is 13.0 Å². The van der Waals surface area contributed by atoms with Crippen molar-refractivity contribution < 1.29 is 4.74 Å². The van der Waals surface area contributed by atoms with Crippen molar-refractivity contribution in [2.24, 2.45) is 0 Å². The average Bonchev–Trinajstić information content (AvgIpc) is 2.83. The van der Waals surface area contributed by atoms with Crippen molar-refractivity contribution in [1.82, 2.24) is 15.0 Å². The molecule has 2 aromatic rings. The predicted octanol–water partition coefficient (Wildman–Crippen LogP) is 2.68. The number of rotatable bonds is 7. The minimum atomic E-state index is 0.615. The first-order valence-electron chi connectivity index (χ1n) is 6.37. The highest BCUT2D eigenvalue weighted by Gasteiger charge is 2.01. The normalized spacial score (nSPS) is 10.4. The first-order chi connectivity index (χ1) is 9.28. The van der Waals surface area contributed by atoms with Crippen molar-refractivity contribution in [3.05, 3.63) is 28.5 Å². The molecule has 0 aliphatic rings. The molecular weight excluding hydrogens is 260 g/mol. The van der Waals surface area contributed by atoms with E-state index >= 15 is 0 Å². The van der Waals surface area contributed by atoms with E-state index in [9.17, 15) is 0 Å². The van der Waals surface area contributed by atoms with Gasteiger partial charge in [-0.05, 0) is 13.3 Å². The molecule has 2 aromatic heterocycles. The maximum Gasteiger partial charge on any atom is 0.218 e. The van der Waals surface area contributed by atoms with Crippen molar-refractivity contribution in [2.75, 3.05) is 18.5 Å². The van der Waals surface area contributed by atoms with E-state index < -0.39 is 0 Å². The van der Waals surface area contributed by atoms with E-state index in [1.54, 1.807) is 11.3 Å². The van der Waals surface area contributed by atoms with Crippen LogP contribution >= 0.6 is 11.3 Å². The van der Waals surface area contributed by atoms with Gasteiger partial charge in [0.15, 0.2) is 0 Å². The maximum absolute atomic E-state index is 5.46. The number of aromatic nitrogens is 3. The van der Waals surface area contributed by atoms with Gasteiger partial charge in [-0.2, -0.15) is 0 Å². The number of aryl methyl sites for hydroxylation is 1. The topological polar surface area (TPSA) is 59.9 Å². The van der Waals surface area contributed by atoms with Gasteiger partial charge in [0.05, 0.1) is 11.6 Å². The molecule has 0 amide bonds. The van der Waals surface area contributed by atoms with E-state index in [4.69, 9.17) is 4.74 Å². The van der Waals surface area contributed by atoms with Crippen LogP contribution in [0.5, 0.6) is 5.88 Å². The molecule has 0 unspecified atom stereocenters. The summed E-state index contributed by atoms with van der Waals surface area (Å²) in [5.74, 6) is 1.40. The molecule has 0 bridgehead atoms. The first kappa shape index (κ1) is 13.7. The molecule has 0 aliphatic carbocycles. The van der Waals surface area contributed by atoms with Crippen LogP contribution in [0.15, 0.2) is 17.8 Å². The molecule has 0 spiro atoms. The van der Waals surface area contributed by atoms with Gasteiger partial charge in [0.25, 0.3) is 0 Å². The third-order valence-electron chi connectivity index (χ3n) is 2.41. The van der Waals surface area contributed by atoms with Crippen LogP contribution in [0.3, 0.4) is 0 Å². The van der Waals surface area contributed by atoms with E-state index in [2.05, 4.69) is 32.6 Å². The molecule has 0 fully saturated rings. The Balaban J connectivity index is 1.82.